The first kappa shape index (κ1) is 19.2. The molecule has 0 aliphatic carbocycles. The number of halogens is 3. The summed E-state index contributed by atoms with van der Waals surface area (Å²) in [5.74, 6) is 0.416. The van der Waals surface area contributed by atoms with Crippen LogP contribution in [-0.4, -0.2) is 32.7 Å². The molecule has 3 aromatic rings. The zero-order valence-corrected chi connectivity index (χ0v) is 16.0. The highest BCUT2D eigenvalue weighted by Crippen LogP contribution is 2.34. The largest absolute Gasteiger partial charge is 0.417 e. The minimum Gasteiger partial charge on any atom is -0.370 e. The van der Waals surface area contributed by atoms with Gasteiger partial charge in [0.2, 0.25) is 0 Å². The number of rotatable bonds is 2. The Kier molecular flexibility index (Phi) is 4.65. The molecule has 1 unspecified atom stereocenters. The molecule has 0 spiro atoms. The van der Waals surface area contributed by atoms with Gasteiger partial charge < -0.3 is 4.90 Å². The molecular formula is C20H19F3N6. The number of hydrogen-bond donors (Lipinski definition) is 0. The van der Waals surface area contributed by atoms with Gasteiger partial charge in [-0.2, -0.15) is 18.4 Å². The van der Waals surface area contributed by atoms with Gasteiger partial charge in [0.05, 0.1) is 22.5 Å². The lowest BCUT2D eigenvalue weighted by molar-refractivity contribution is -0.137. The number of fused-ring (bicyclic) bond motifs is 1. The van der Waals surface area contributed by atoms with E-state index in [1.807, 2.05) is 13.0 Å². The van der Waals surface area contributed by atoms with E-state index < -0.39 is 11.7 Å². The summed E-state index contributed by atoms with van der Waals surface area (Å²) in [7, 11) is 0. The van der Waals surface area contributed by atoms with Gasteiger partial charge in [-0.05, 0) is 44.9 Å². The van der Waals surface area contributed by atoms with Crippen molar-refractivity contribution in [1.82, 2.24) is 19.6 Å². The predicted molar refractivity (Wildman–Crippen MR) is 101 cm³/mol. The van der Waals surface area contributed by atoms with Crippen molar-refractivity contribution in [3.63, 3.8) is 0 Å². The third kappa shape index (κ3) is 3.50. The highest BCUT2D eigenvalue weighted by Gasteiger charge is 2.32. The van der Waals surface area contributed by atoms with Gasteiger partial charge in [-0.25, -0.2) is 0 Å². The Morgan fingerprint density at radius 1 is 1.21 bits per heavy atom. The molecule has 0 radical (unpaired) electrons. The lowest BCUT2D eigenvalue weighted by atomic mass is 9.96. The van der Waals surface area contributed by atoms with E-state index in [1.165, 1.54) is 10.5 Å². The molecule has 1 fully saturated rings. The highest BCUT2D eigenvalue weighted by atomic mass is 19.4. The standard InChI is InChI=1S/C20H19F3N6/c1-12-8-17(16(9-24)13(2)25-12)28-7-3-4-14(10-28)19-27-26-18-6-5-15(11-29(18)19)20(21,22)23/h5-6,8,11,14H,3-4,7,10H2,1-2H3. The van der Waals surface area contributed by atoms with Crippen molar-refractivity contribution >= 4 is 11.3 Å². The van der Waals surface area contributed by atoms with Crippen LogP contribution >= 0.6 is 0 Å². The molecule has 9 heteroatoms. The Labute approximate surface area is 165 Å². The van der Waals surface area contributed by atoms with Crippen LogP contribution in [0.3, 0.4) is 0 Å². The summed E-state index contributed by atoms with van der Waals surface area (Å²) in [4.78, 5) is 6.46. The summed E-state index contributed by atoms with van der Waals surface area (Å²) in [5.41, 5.74) is 2.49. The Bertz CT molecular complexity index is 1110. The Balaban J connectivity index is 1.71. The van der Waals surface area contributed by atoms with Crippen LogP contribution in [0, 0.1) is 25.2 Å². The summed E-state index contributed by atoms with van der Waals surface area (Å²) in [5, 5.41) is 17.8. The molecule has 4 heterocycles. The van der Waals surface area contributed by atoms with Crippen LogP contribution in [0.5, 0.6) is 0 Å². The maximum Gasteiger partial charge on any atom is 0.417 e. The number of nitrogens with zero attached hydrogens (tertiary/aromatic N) is 6. The zero-order chi connectivity index (χ0) is 20.8. The van der Waals surface area contributed by atoms with E-state index in [2.05, 4.69) is 26.2 Å². The molecule has 3 aromatic heterocycles. The number of aryl methyl sites for hydroxylation is 2. The van der Waals surface area contributed by atoms with E-state index in [-0.39, 0.29) is 5.92 Å². The van der Waals surface area contributed by atoms with Crippen LogP contribution in [0.2, 0.25) is 0 Å². The number of anilines is 1. The smallest absolute Gasteiger partial charge is 0.370 e. The second-order valence-electron chi connectivity index (χ2n) is 7.34. The number of nitriles is 1. The van der Waals surface area contributed by atoms with Gasteiger partial charge in [-0.15, -0.1) is 10.2 Å². The first-order chi connectivity index (χ1) is 13.8. The summed E-state index contributed by atoms with van der Waals surface area (Å²) in [6.45, 7) is 5.00. The first-order valence-electron chi connectivity index (χ1n) is 9.33. The van der Waals surface area contributed by atoms with Crippen molar-refractivity contribution in [1.29, 1.82) is 5.26 Å². The summed E-state index contributed by atoms with van der Waals surface area (Å²) >= 11 is 0. The second kappa shape index (κ2) is 7.03. The molecule has 6 nitrogen and oxygen atoms in total. The van der Waals surface area contributed by atoms with Crippen LogP contribution in [-0.2, 0) is 6.18 Å². The van der Waals surface area contributed by atoms with Gasteiger partial charge >= 0.3 is 6.18 Å². The van der Waals surface area contributed by atoms with Crippen molar-refractivity contribution in [2.24, 2.45) is 0 Å². The van der Waals surface area contributed by atoms with E-state index >= 15 is 0 Å². The number of aromatic nitrogens is 4. The fraction of sp³-hybridized carbons (Fsp3) is 0.400. The lowest BCUT2D eigenvalue weighted by Gasteiger charge is -2.34. The second-order valence-corrected chi connectivity index (χ2v) is 7.34. The molecule has 0 amide bonds. The van der Waals surface area contributed by atoms with Crippen molar-refractivity contribution in [2.75, 3.05) is 18.0 Å². The molecule has 150 valence electrons. The van der Waals surface area contributed by atoms with Crippen LogP contribution < -0.4 is 4.90 Å². The van der Waals surface area contributed by atoms with Crippen molar-refractivity contribution < 1.29 is 13.2 Å². The van der Waals surface area contributed by atoms with E-state index in [1.54, 1.807) is 6.92 Å². The van der Waals surface area contributed by atoms with Crippen LogP contribution in [0.4, 0.5) is 18.9 Å². The minimum atomic E-state index is -4.43. The van der Waals surface area contributed by atoms with Gasteiger partial charge in [0.15, 0.2) is 5.65 Å². The average molecular weight is 400 g/mol. The molecule has 1 aliphatic heterocycles. The van der Waals surface area contributed by atoms with Crippen LogP contribution in [0.25, 0.3) is 5.65 Å². The summed E-state index contributed by atoms with van der Waals surface area (Å²) in [6, 6.07) is 6.47. The molecule has 0 saturated carbocycles. The molecule has 0 N–H and O–H groups in total. The molecule has 1 atom stereocenters. The topological polar surface area (TPSA) is 70.1 Å². The van der Waals surface area contributed by atoms with Crippen LogP contribution in [0.1, 0.15) is 47.1 Å². The van der Waals surface area contributed by atoms with E-state index in [4.69, 9.17) is 0 Å². The monoisotopic (exact) mass is 400 g/mol. The molecule has 0 bridgehead atoms. The number of alkyl halides is 3. The van der Waals surface area contributed by atoms with E-state index in [0.29, 0.717) is 29.3 Å². The summed E-state index contributed by atoms with van der Waals surface area (Å²) in [6.07, 6.45) is -1.74. The molecule has 1 aliphatic rings. The van der Waals surface area contributed by atoms with Crippen LogP contribution in [0.15, 0.2) is 24.4 Å². The van der Waals surface area contributed by atoms with Gasteiger partial charge in [-0.1, -0.05) is 0 Å². The highest BCUT2D eigenvalue weighted by molar-refractivity contribution is 5.62. The Morgan fingerprint density at radius 3 is 2.72 bits per heavy atom. The van der Waals surface area contributed by atoms with Gasteiger partial charge in [-0.3, -0.25) is 9.38 Å². The Hall–Kier alpha value is -3.15. The number of hydrogen-bond acceptors (Lipinski definition) is 5. The molecular weight excluding hydrogens is 381 g/mol. The minimum absolute atomic E-state index is 0.0949. The average Bonchev–Trinajstić information content (AvgIpc) is 3.10. The maximum atomic E-state index is 13.1. The van der Waals surface area contributed by atoms with Crippen molar-refractivity contribution in [3.05, 3.63) is 52.7 Å². The summed E-state index contributed by atoms with van der Waals surface area (Å²) < 4.78 is 40.9. The van der Waals surface area contributed by atoms with Gasteiger partial charge in [0.25, 0.3) is 0 Å². The predicted octanol–water partition coefficient (Wildman–Crippen LogP) is 4.02. The third-order valence-corrected chi connectivity index (χ3v) is 5.30. The molecule has 4 rings (SSSR count). The fourth-order valence-corrected chi connectivity index (χ4v) is 3.96. The van der Waals surface area contributed by atoms with Crippen molar-refractivity contribution in [3.8, 4) is 6.07 Å². The Morgan fingerprint density at radius 2 is 2.00 bits per heavy atom. The van der Waals surface area contributed by atoms with E-state index in [9.17, 15) is 18.4 Å². The molecule has 0 aromatic carbocycles. The number of pyridine rings is 2. The quantitative estimate of drug-likeness (QED) is 0.650. The van der Waals surface area contributed by atoms with Gasteiger partial charge in [0, 0.05) is 30.9 Å². The number of piperidine rings is 1. The molecule has 1 saturated heterocycles. The fourth-order valence-electron chi connectivity index (χ4n) is 3.96. The third-order valence-electron chi connectivity index (χ3n) is 5.30. The van der Waals surface area contributed by atoms with Gasteiger partial charge in [0.1, 0.15) is 11.9 Å². The zero-order valence-electron chi connectivity index (χ0n) is 16.0. The normalized spacial score (nSPS) is 17.5. The lowest BCUT2D eigenvalue weighted by Crippen LogP contribution is -2.35. The molecule has 29 heavy (non-hydrogen) atoms. The first-order valence-corrected chi connectivity index (χ1v) is 9.33. The van der Waals surface area contributed by atoms with E-state index in [0.717, 1.165) is 43.0 Å². The van der Waals surface area contributed by atoms with Crippen molar-refractivity contribution in [2.45, 2.75) is 38.8 Å². The maximum absolute atomic E-state index is 13.1. The SMILES string of the molecule is Cc1cc(N2CCCC(c3nnc4ccc(C(F)(F)F)cn34)C2)c(C#N)c(C)n1.